The Morgan fingerprint density at radius 3 is 2.38 bits per heavy atom. The number of nitrogens with one attached hydrogen (secondary N) is 1. The van der Waals surface area contributed by atoms with Crippen LogP contribution in [0.4, 0.5) is 5.69 Å². The molecule has 4 aromatic rings. The van der Waals surface area contributed by atoms with Gasteiger partial charge in [0.25, 0.3) is 5.91 Å². The minimum Gasteiger partial charge on any atom is -0.319 e. The molecule has 0 saturated heterocycles. The predicted molar refractivity (Wildman–Crippen MR) is 128 cm³/mol. The normalized spacial score (nSPS) is 11.0. The van der Waals surface area contributed by atoms with Gasteiger partial charge in [-0.05, 0) is 60.2 Å². The van der Waals surface area contributed by atoms with Gasteiger partial charge in [-0.1, -0.05) is 68.4 Å². The summed E-state index contributed by atoms with van der Waals surface area (Å²) in [5.41, 5.74) is 5.22. The number of anilines is 1. The van der Waals surface area contributed by atoms with Gasteiger partial charge in [0, 0.05) is 12.1 Å². The van der Waals surface area contributed by atoms with Crippen LogP contribution in [0, 0.1) is 6.92 Å². The summed E-state index contributed by atoms with van der Waals surface area (Å²) in [7, 11) is 0. The molecule has 3 aromatic carbocycles. The van der Waals surface area contributed by atoms with E-state index in [0.29, 0.717) is 12.3 Å². The molecule has 1 amide bonds. The van der Waals surface area contributed by atoms with Gasteiger partial charge in [-0.3, -0.25) is 4.79 Å². The quantitative estimate of drug-likeness (QED) is 0.412. The highest BCUT2D eigenvalue weighted by molar-refractivity contribution is 6.01. The highest BCUT2D eigenvalue weighted by Crippen LogP contribution is 2.18. The van der Waals surface area contributed by atoms with Crippen LogP contribution < -0.4 is 5.32 Å². The fraction of sp³-hybridized carbons (Fsp3) is 0.222. The summed E-state index contributed by atoms with van der Waals surface area (Å²) in [6.45, 7) is 6.33. The highest BCUT2D eigenvalue weighted by Gasteiger charge is 2.18. The van der Waals surface area contributed by atoms with Crippen molar-refractivity contribution in [1.82, 2.24) is 14.8 Å². The lowest BCUT2D eigenvalue weighted by Crippen LogP contribution is -2.14. The molecular formula is C27H28N4O. The molecule has 32 heavy (non-hydrogen) atoms. The van der Waals surface area contributed by atoms with E-state index in [4.69, 9.17) is 0 Å². The van der Waals surface area contributed by atoms with Gasteiger partial charge < -0.3 is 5.32 Å². The number of carbonyl (C=O) groups is 1. The fourth-order valence-electron chi connectivity index (χ4n) is 3.61. The van der Waals surface area contributed by atoms with Crippen LogP contribution in [0.5, 0.6) is 0 Å². The average molecular weight is 425 g/mol. The second kappa shape index (κ2) is 9.60. The zero-order chi connectivity index (χ0) is 22.5. The summed E-state index contributed by atoms with van der Waals surface area (Å²) in [4.78, 5) is 17.5. The Labute approximate surface area is 189 Å². The Bertz CT molecular complexity index is 1190. The van der Waals surface area contributed by atoms with Gasteiger partial charge in [0.2, 0.25) is 5.82 Å². The van der Waals surface area contributed by atoms with Gasteiger partial charge in [-0.15, -0.1) is 5.10 Å². The van der Waals surface area contributed by atoms with Gasteiger partial charge in [-0.2, -0.15) is 0 Å². The second-order valence-electron chi connectivity index (χ2n) is 8.32. The molecule has 4 rings (SSSR count). The molecule has 0 spiro atoms. The van der Waals surface area contributed by atoms with E-state index >= 15 is 0 Å². The number of hydrogen-bond donors (Lipinski definition) is 1. The molecule has 0 saturated carbocycles. The van der Waals surface area contributed by atoms with Crippen molar-refractivity contribution in [2.24, 2.45) is 0 Å². The van der Waals surface area contributed by atoms with Crippen molar-refractivity contribution in [3.05, 3.63) is 107 Å². The smallest absolute Gasteiger partial charge is 0.295 e. The molecule has 0 bridgehead atoms. The van der Waals surface area contributed by atoms with Crippen molar-refractivity contribution in [3.8, 4) is 5.69 Å². The Hall–Kier alpha value is -3.73. The molecule has 0 radical (unpaired) electrons. The largest absolute Gasteiger partial charge is 0.319 e. The zero-order valence-electron chi connectivity index (χ0n) is 18.7. The third kappa shape index (κ3) is 5.11. The van der Waals surface area contributed by atoms with Gasteiger partial charge in [0.1, 0.15) is 5.82 Å². The van der Waals surface area contributed by atoms with Crippen molar-refractivity contribution < 1.29 is 4.79 Å². The van der Waals surface area contributed by atoms with Crippen molar-refractivity contribution in [1.29, 1.82) is 0 Å². The van der Waals surface area contributed by atoms with E-state index in [-0.39, 0.29) is 11.7 Å². The molecule has 5 nitrogen and oxygen atoms in total. The highest BCUT2D eigenvalue weighted by atomic mass is 16.2. The Morgan fingerprint density at radius 2 is 1.69 bits per heavy atom. The number of aryl methyl sites for hydroxylation is 3. The number of hydrogen-bond acceptors (Lipinski definition) is 3. The summed E-state index contributed by atoms with van der Waals surface area (Å²) in [5, 5.41) is 7.49. The second-order valence-corrected chi connectivity index (χ2v) is 8.32. The van der Waals surface area contributed by atoms with Crippen LogP contribution in [0.15, 0.2) is 78.9 Å². The molecule has 0 aliphatic rings. The van der Waals surface area contributed by atoms with Gasteiger partial charge >= 0.3 is 0 Å². The lowest BCUT2D eigenvalue weighted by atomic mass is 10.0. The molecule has 0 fully saturated rings. The van der Waals surface area contributed by atoms with E-state index in [9.17, 15) is 4.79 Å². The van der Waals surface area contributed by atoms with Gasteiger partial charge in [0.05, 0.1) is 5.69 Å². The number of carbonyl (C=O) groups excluding carboxylic acids is 1. The fourth-order valence-corrected chi connectivity index (χ4v) is 3.61. The summed E-state index contributed by atoms with van der Waals surface area (Å²) >= 11 is 0. The minimum atomic E-state index is -0.310. The first-order valence-corrected chi connectivity index (χ1v) is 11.0. The first kappa shape index (κ1) is 21.5. The van der Waals surface area contributed by atoms with Gasteiger partial charge in [0.15, 0.2) is 0 Å². The monoisotopic (exact) mass is 424 g/mol. The molecule has 5 heteroatoms. The Balaban J connectivity index is 1.59. The topological polar surface area (TPSA) is 59.8 Å². The number of aromatic nitrogens is 3. The maximum absolute atomic E-state index is 12.9. The number of benzene rings is 3. The maximum Gasteiger partial charge on any atom is 0.295 e. The van der Waals surface area contributed by atoms with Gasteiger partial charge in [-0.25, -0.2) is 9.67 Å². The molecule has 1 N–H and O–H groups in total. The number of nitrogens with zero attached hydrogens (tertiary/aromatic N) is 3. The molecule has 0 atom stereocenters. The lowest BCUT2D eigenvalue weighted by Gasteiger charge is -2.07. The molecular weight excluding hydrogens is 396 g/mol. The molecule has 0 aliphatic heterocycles. The Morgan fingerprint density at radius 1 is 0.938 bits per heavy atom. The van der Waals surface area contributed by atoms with Crippen LogP contribution in [0.2, 0.25) is 0 Å². The molecule has 0 aliphatic carbocycles. The lowest BCUT2D eigenvalue weighted by molar-refractivity contribution is 0.101. The van der Waals surface area contributed by atoms with Crippen LogP contribution in [0.3, 0.4) is 0 Å². The summed E-state index contributed by atoms with van der Waals surface area (Å²) in [6, 6.07) is 26.2. The van der Waals surface area contributed by atoms with E-state index < -0.39 is 0 Å². The van der Waals surface area contributed by atoms with E-state index in [1.165, 1.54) is 11.1 Å². The van der Waals surface area contributed by atoms with Crippen molar-refractivity contribution in [2.45, 2.75) is 39.5 Å². The number of rotatable bonds is 7. The van der Waals surface area contributed by atoms with Crippen molar-refractivity contribution >= 4 is 11.6 Å². The van der Waals surface area contributed by atoms with E-state index in [1.807, 2.05) is 73.7 Å². The van der Waals surface area contributed by atoms with Crippen LogP contribution in [-0.4, -0.2) is 20.7 Å². The SMILES string of the molecule is Cc1cccc(-n2nc(C(=O)Nc3ccc(C(C)C)cc3)nc2CCc2ccccc2)c1. The van der Waals surface area contributed by atoms with Crippen LogP contribution >= 0.6 is 0 Å². The van der Waals surface area contributed by atoms with Crippen LogP contribution in [0.1, 0.15) is 52.9 Å². The summed E-state index contributed by atoms with van der Waals surface area (Å²) in [6.07, 6.45) is 1.50. The molecule has 162 valence electrons. The van der Waals surface area contributed by atoms with E-state index in [0.717, 1.165) is 29.2 Å². The van der Waals surface area contributed by atoms with Crippen LogP contribution in [-0.2, 0) is 12.8 Å². The molecule has 0 unspecified atom stereocenters. The maximum atomic E-state index is 12.9. The standard InChI is InChI=1S/C27H28N4O/c1-19(2)22-13-15-23(16-14-22)28-27(32)26-29-25(17-12-21-9-5-4-6-10-21)31(30-26)24-11-7-8-20(3)18-24/h4-11,13-16,18-19H,12,17H2,1-3H3,(H,28,32). The first-order valence-electron chi connectivity index (χ1n) is 11.0. The van der Waals surface area contributed by atoms with E-state index in [2.05, 4.69) is 41.4 Å². The Kier molecular flexibility index (Phi) is 6.45. The van der Waals surface area contributed by atoms with E-state index in [1.54, 1.807) is 4.68 Å². The average Bonchev–Trinajstić information content (AvgIpc) is 3.23. The molecule has 1 aromatic heterocycles. The first-order chi connectivity index (χ1) is 15.5. The third-order valence-electron chi connectivity index (χ3n) is 5.44. The summed E-state index contributed by atoms with van der Waals surface area (Å²) < 4.78 is 1.78. The van der Waals surface area contributed by atoms with Crippen molar-refractivity contribution in [3.63, 3.8) is 0 Å². The molecule has 1 heterocycles. The van der Waals surface area contributed by atoms with Crippen LogP contribution in [0.25, 0.3) is 5.69 Å². The summed E-state index contributed by atoms with van der Waals surface area (Å²) in [5.74, 6) is 1.07. The zero-order valence-corrected chi connectivity index (χ0v) is 18.7. The van der Waals surface area contributed by atoms with Crippen molar-refractivity contribution in [2.75, 3.05) is 5.32 Å². The predicted octanol–water partition coefficient (Wildman–Crippen LogP) is 5.74. The number of amides is 1. The third-order valence-corrected chi connectivity index (χ3v) is 5.44. The minimum absolute atomic E-state index is 0.169.